The third kappa shape index (κ3) is 3.16. The van der Waals surface area contributed by atoms with E-state index in [1.807, 2.05) is 0 Å². The molecule has 0 bridgehead atoms. The summed E-state index contributed by atoms with van der Waals surface area (Å²) in [5.74, 6) is 1.08. The first-order valence-corrected chi connectivity index (χ1v) is 5.82. The van der Waals surface area contributed by atoms with Crippen LogP contribution in [-0.4, -0.2) is 27.0 Å². The van der Waals surface area contributed by atoms with Crippen LogP contribution in [0.3, 0.4) is 0 Å². The van der Waals surface area contributed by atoms with Gasteiger partial charge in [-0.25, -0.2) is 9.97 Å². The van der Waals surface area contributed by atoms with Crippen molar-refractivity contribution < 1.29 is 9.66 Å². The number of nitro groups is 1. The summed E-state index contributed by atoms with van der Waals surface area (Å²) in [6.07, 6.45) is 1.63. The van der Waals surface area contributed by atoms with Crippen molar-refractivity contribution in [3.63, 3.8) is 0 Å². The molecule has 0 aliphatic carbocycles. The third-order valence-corrected chi connectivity index (χ3v) is 2.52. The Bertz CT molecular complexity index is 632. The normalized spacial score (nSPS) is 10.1. The molecule has 0 amide bonds. The van der Waals surface area contributed by atoms with E-state index in [0.29, 0.717) is 18.2 Å². The van der Waals surface area contributed by atoms with Gasteiger partial charge in [-0.05, 0) is 13.0 Å². The average Bonchev–Trinajstić information content (AvgIpc) is 2.44. The molecule has 0 unspecified atom stereocenters. The molecule has 0 aromatic carbocycles. The molecular formula is C12H13N5O3. The second kappa shape index (κ2) is 5.91. The highest BCUT2D eigenvalue weighted by atomic mass is 16.6. The summed E-state index contributed by atoms with van der Waals surface area (Å²) in [5.41, 5.74) is 0.605. The molecule has 2 aromatic rings. The van der Waals surface area contributed by atoms with E-state index in [0.717, 1.165) is 5.69 Å². The second-order valence-corrected chi connectivity index (χ2v) is 3.93. The van der Waals surface area contributed by atoms with Crippen molar-refractivity contribution in [1.82, 2.24) is 15.0 Å². The highest BCUT2D eigenvalue weighted by Crippen LogP contribution is 2.25. The van der Waals surface area contributed by atoms with Crippen molar-refractivity contribution in [2.24, 2.45) is 0 Å². The van der Waals surface area contributed by atoms with E-state index in [-0.39, 0.29) is 11.5 Å². The minimum Gasteiger partial charge on any atom is -0.481 e. The molecule has 0 aliphatic heterocycles. The summed E-state index contributed by atoms with van der Waals surface area (Å²) < 4.78 is 4.96. The summed E-state index contributed by atoms with van der Waals surface area (Å²) in [4.78, 5) is 22.7. The number of nitrogens with zero attached hydrogens (tertiary/aromatic N) is 4. The Hall–Kier alpha value is -2.77. The summed E-state index contributed by atoms with van der Waals surface area (Å²) in [7, 11) is 1.45. The highest BCUT2D eigenvalue weighted by molar-refractivity contribution is 5.57. The lowest BCUT2D eigenvalue weighted by Gasteiger charge is -2.07. The molecule has 104 valence electrons. The minimum atomic E-state index is -0.500. The van der Waals surface area contributed by atoms with Crippen LogP contribution in [0.15, 0.2) is 24.4 Å². The number of aromatic nitrogens is 3. The van der Waals surface area contributed by atoms with Gasteiger partial charge in [0.05, 0.1) is 24.3 Å². The fourth-order valence-electron chi connectivity index (χ4n) is 1.60. The first-order valence-electron chi connectivity index (χ1n) is 5.82. The minimum absolute atomic E-state index is 0.114. The number of methoxy groups -OCH3 is 1. The first-order chi connectivity index (χ1) is 9.60. The lowest BCUT2D eigenvalue weighted by atomic mass is 10.3. The van der Waals surface area contributed by atoms with Crippen LogP contribution in [0.1, 0.15) is 11.5 Å². The number of rotatable bonds is 5. The summed E-state index contributed by atoms with van der Waals surface area (Å²) in [6.45, 7) is 2.08. The van der Waals surface area contributed by atoms with Gasteiger partial charge in [0.15, 0.2) is 0 Å². The fourth-order valence-corrected chi connectivity index (χ4v) is 1.60. The smallest absolute Gasteiger partial charge is 0.311 e. The monoisotopic (exact) mass is 275 g/mol. The van der Waals surface area contributed by atoms with Crippen molar-refractivity contribution >= 4 is 11.5 Å². The highest BCUT2D eigenvalue weighted by Gasteiger charge is 2.16. The van der Waals surface area contributed by atoms with Gasteiger partial charge >= 0.3 is 5.69 Å². The number of hydrogen-bond donors (Lipinski definition) is 1. The molecule has 0 saturated carbocycles. The van der Waals surface area contributed by atoms with Crippen molar-refractivity contribution in [2.45, 2.75) is 13.5 Å². The molecule has 2 rings (SSSR count). The lowest BCUT2D eigenvalue weighted by molar-refractivity contribution is -0.384. The maximum atomic E-state index is 10.9. The molecule has 8 nitrogen and oxygen atoms in total. The summed E-state index contributed by atoms with van der Waals surface area (Å²) in [5, 5.41) is 13.8. The topological polar surface area (TPSA) is 103 Å². The van der Waals surface area contributed by atoms with Crippen LogP contribution in [0.5, 0.6) is 5.88 Å². The van der Waals surface area contributed by atoms with Gasteiger partial charge in [-0.1, -0.05) is 0 Å². The standard InChI is InChI=1S/C12H13N5O3/c1-8-13-6-5-9(15-8)7-14-12-10(17(18)19)3-4-11(16-12)20-2/h3-6H,7H2,1-2H3,(H,14,16). The Balaban J connectivity index is 2.21. The van der Waals surface area contributed by atoms with E-state index in [2.05, 4.69) is 20.3 Å². The van der Waals surface area contributed by atoms with E-state index in [4.69, 9.17) is 4.74 Å². The van der Waals surface area contributed by atoms with Crippen LogP contribution < -0.4 is 10.1 Å². The van der Waals surface area contributed by atoms with Crippen LogP contribution in [-0.2, 0) is 6.54 Å². The predicted molar refractivity (Wildman–Crippen MR) is 71.5 cm³/mol. The molecule has 2 heterocycles. The lowest BCUT2D eigenvalue weighted by Crippen LogP contribution is -2.07. The molecule has 8 heteroatoms. The number of anilines is 1. The third-order valence-electron chi connectivity index (χ3n) is 2.52. The van der Waals surface area contributed by atoms with Crippen LogP contribution in [0.2, 0.25) is 0 Å². The zero-order valence-corrected chi connectivity index (χ0v) is 11.0. The van der Waals surface area contributed by atoms with Crippen molar-refractivity contribution in [1.29, 1.82) is 0 Å². The van der Waals surface area contributed by atoms with Crippen molar-refractivity contribution in [3.8, 4) is 5.88 Å². The van der Waals surface area contributed by atoms with E-state index >= 15 is 0 Å². The molecule has 0 aliphatic rings. The van der Waals surface area contributed by atoms with Gasteiger partial charge in [-0.15, -0.1) is 0 Å². The van der Waals surface area contributed by atoms with Gasteiger partial charge in [-0.2, -0.15) is 4.98 Å². The van der Waals surface area contributed by atoms with E-state index in [1.54, 1.807) is 19.2 Å². The zero-order valence-electron chi connectivity index (χ0n) is 11.0. The average molecular weight is 275 g/mol. The molecule has 1 N–H and O–H groups in total. The van der Waals surface area contributed by atoms with E-state index in [1.165, 1.54) is 19.2 Å². The molecule has 0 radical (unpaired) electrons. The van der Waals surface area contributed by atoms with Gasteiger partial charge in [0.1, 0.15) is 5.82 Å². The van der Waals surface area contributed by atoms with E-state index in [9.17, 15) is 10.1 Å². The second-order valence-electron chi connectivity index (χ2n) is 3.93. The maximum Gasteiger partial charge on any atom is 0.311 e. The Morgan fingerprint density at radius 1 is 1.35 bits per heavy atom. The number of hydrogen-bond acceptors (Lipinski definition) is 7. The maximum absolute atomic E-state index is 10.9. The first kappa shape index (κ1) is 13.7. The Morgan fingerprint density at radius 3 is 2.80 bits per heavy atom. The van der Waals surface area contributed by atoms with Crippen LogP contribution >= 0.6 is 0 Å². The van der Waals surface area contributed by atoms with Gasteiger partial charge in [0, 0.05) is 18.3 Å². The van der Waals surface area contributed by atoms with Gasteiger partial charge in [0.25, 0.3) is 0 Å². The summed E-state index contributed by atoms with van der Waals surface area (Å²) >= 11 is 0. The van der Waals surface area contributed by atoms with Crippen LogP contribution in [0.4, 0.5) is 11.5 Å². The molecule has 0 atom stereocenters. The van der Waals surface area contributed by atoms with Crippen molar-refractivity contribution in [2.75, 3.05) is 12.4 Å². The number of ether oxygens (including phenoxy) is 1. The van der Waals surface area contributed by atoms with Gasteiger partial charge in [0.2, 0.25) is 11.7 Å². The van der Waals surface area contributed by atoms with Gasteiger partial charge < -0.3 is 10.1 Å². The predicted octanol–water partition coefficient (Wildman–Crippen LogP) is 1.71. The Labute approximate surface area is 115 Å². The largest absolute Gasteiger partial charge is 0.481 e. The van der Waals surface area contributed by atoms with Crippen molar-refractivity contribution in [3.05, 3.63) is 46.0 Å². The Kier molecular flexibility index (Phi) is 4.04. The summed E-state index contributed by atoms with van der Waals surface area (Å²) in [6, 6.07) is 4.52. The Morgan fingerprint density at radius 2 is 2.15 bits per heavy atom. The quantitative estimate of drug-likeness (QED) is 0.654. The fraction of sp³-hybridized carbons (Fsp3) is 0.250. The number of pyridine rings is 1. The molecule has 0 saturated heterocycles. The number of nitrogens with one attached hydrogen (secondary N) is 1. The van der Waals surface area contributed by atoms with Crippen LogP contribution in [0, 0.1) is 17.0 Å². The van der Waals surface area contributed by atoms with Gasteiger partial charge in [-0.3, -0.25) is 10.1 Å². The number of aryl methyl sites for hydroxylation is 1. The molecule has 2 aromatic heterocycles. The zero-order chi connectivity index (χ0) is 14.5. The SMILES string of the molecule is COc1ccc([N+](=O)[O-])c(NCc2ccnc(C)n2)n1. The molecule has 0 fully saturated rings. The van der Waals surface area contributed by atoms with E-state index < -0.39 is 4.92 Å². The van der Waals surface area contributed by atoms with Crippen LogP contribution in [0.25, 0.3) is 0 Å². The molecule has 20 heavy (non-hydrogen) atoms. The molecule has 0 spiro atoms. The molecular weight excluding hydrogens is 262 g/mol.